The van der Waals surface area contributed by atoms with Gasteiger partial charge in [-0.25, -0.2) is 4.98 Å². The smallest absolute Gasteiger partial charge is 0.388 e. The molecule has 1 amide bonds. The van der Waals surface area contributed by atoms with E-state index < -0.39 is 36.1 Å². The number of aliphatic hydroxyl groups is 2. The van der Waals surface area contributed by atoms with Gasteiger partial charge in [0, 0.05) is 40.7 Å². The van der Waals surface area contributed by atoms with Gasteiger partial charge in [-0.2, -0.15) is 18.3 Å². The normalized spacial score (nSPS) is 24.4. The van der Waals surface area contributed by atoms with Crippen LogP contribution >= 0.6 is 11.3 Å². The average molecular weight is 560 g/mol. The maximum absolute atomic E-state index is 13.2. The number of carbonyl (C=O) groups excluding carboxylic acids is 1. The molecule has 9 nitrogen and oxygen atoms in total. The molecule has 3 aromatic heterocycles. The first-order valence-electron chi connectivity index (χ1n) is 12.3. The molecule has 1 aromatic carbocycles. The molecular formula is C26H24F3N5O4S. The fraction of sp³-hybridized carbons (Fsp3) is 0.346. The highest BCUT2D eigenvalue weighted by atomic mass is 32.1. The van der Waals surface area contributed by atoms with E-state index in [2.05, 4.69) is 25.8 Å². The van der Waals surface area contributed by atoms with Crippen LogP contribution in [0.5, 0.6) is 0 Å². The molecule has 2 bridgehead atoms. The van der Waals surface area contributed by atoms with Crippen molar-refractivity contribution >= 4 is 38.8 Å². The van der Waals surface area contributed by atoms with Crippen LogP contribution in [0.2, 0.25) is 0 Å². The highest BCUT2D eigenvalue weighted by Crippen LogP contribution is 2.40. The summed E-state index contributed by atoms with van der Waals surface area (Å²) in [6, 6.07) is 8.32. The van der Waals surface area contributed by atoms with E-state index in [1.54, 1.807) is 12.3 Å². The Morgan fingerprint density at radius 2 is 2.08 bits per heavy atom. The number of anilines is 2. The lowest BCUT2D eigenvalue weighted by Gasteiger charge is -2.26. The van der Waals surface area contributed by atoms with Crippen LogP contribution in [0.3, 0.4) is 0 Å². The Kier molecular flexibility index (Phi) is 6.33. The number of halogens is 3. The minimum absolute atomic E-state index is 0.0503. The molecule has 0 aliphatic carbocycles. The third-order valence-corrected chi connectivity index (χ3v) is 8.14. The van der Waals surface area contributed by atoms with Crippen LogP contribution in [-0.2, 0) is 10.9 Å². The number of nitrogens with zero attached hydrogens (tertiary/aromatic N) is 2. The van der Waals surface area contributed by atoms with E-state index in [1.165, 1.54) is 6.20 Å². The van der Waals surface area contributed by atoms with Gasteiger partial charge in [-0.05, 0) is 37.1 Å². The van der Waals surface area contributed by atoms with Gasteiger partial charge >= 0.3 is 6.18 Å². The SMILES string of the molecule is Cc1cc(C(F)(F)F)nc2scc(NC(=O)c3c[nH]nc3-c3cccc(NC[C@H]4C[C@@H]5O[C@H]4[C@@H](O)[C@H]5O)c3)c12. The Balaban J connectivity index is 1.18. The van der Waals surface area contributed by atoms with Gasteiger partial charge in [-0.1, -0.05) is 12.1 Å². The molecule has 4 aromatic rings. The van der Waals surface area contributed by atoms with Crippen molar-refractivity contribution in [2.75, 3.05) is 17.2 Å². The lowest BCUT2D eigenvalue weighted by atomic mass is 9.85. The quantitative estimate of drug-likeness (QED) is 0.239. The topological polar surface area (TPSA) is 132 Å². The van der Waals surface area contributed by atoms with Crippen LogP contribution in [0.15, 0.2) is 41.9 Å². The molecule has 2 aliphatic rings. The van der Waals surface area contributed by atoms with Gasteiger partial charge in [0.05, 0.1) is 23.5 Å². The number of alkyl halides is 3. The highest BCUT2D eigenvalue weighted by Gasteiger charge is 2.52. The molecule has 0 saturated carbocycles. The van der Waals surface area contributed by atoms with Crippen molar-refractivity contribution < 1.29 is 32.9 Å². The number of thiophene rings is 1. The zero-order chi connectivity index (χ0) is 27.5. The molecule has 0 radical (unpaired) electrons. The second-order valence-electron chi connectivity index (χ2n) is 9.83. The van der Waals surface area contributed by atoms with Crippen LogP contribution < -0.4 is 10.6 Å². The maximum atomic E-state index is 13.2. The molecule has 204 valence electrons. The highest BCUT2D eigenvalue weighted by molar-refractivity contribution is 7.17. The number of rotatable bonds is 6. The number of nitrogens with one attached hydrogen (secondary N) is 3. The van der Waals surface area contributed by atoms with Crippen molar-refractivity contribution in [3.8, 4) is 11.3 Å². The Morgan fingerprint density at radius 3 is 2.82 bits per heavy atom. The number of hydrogen-bond acceptors (Lipinski definition) is 8. The predicted molar refractivity (Wildman–Crippen MR) is 139 cm³/mol. The fourth-order valence-electron chi connectivity index (χ4n) is 5.36. The number of aliphatic hydroxyl groups excluding tert-OH is 2. The molecule has 0 spiro atoms. The van der Waals surface area contributed by atoms with E-state index in [-0.39, 0.29) is 22.4 Å². The first kappa shape index (κ1) is 25.7. The largest absolute Gasteiger partial charge is 0.433 e. The van der Waals surface area contributed by atoms with Crippen LogP contribution in [0.1, 0.15) is 28.0 Å². The Labute approximate surface area is 224 Å². The predicted octanol–water partition coefficient (Wildman–Crippen LogP) is 4.19. The van der Waals surface area contributed by atoms with Crippen molar-refractivity contribution in [3.05, 3.63) is 58.7 Å². The zero-order valence-electron chi connectivity index (χ0n) is 20.5. The molecule has 2 aliphatic heterocycles. The van der Waals surface area contributed by atoms with Crippen LogP contribution in [0.25, 0.3) is 21.5 Å². The van der Waals surface area contributed by atoms with Gasteiger partial charge in [-0.15, -0.1) is 11.3 Å². The number of aromatic amines is 1. The van der Waals surface area contributed by atoms with Crippen molar-refractivity contribution in [3.63, 3.8) is 0 Å². The van der Waals surface area contributed by atoms with E-state index in [0.717, 1.165) is 23.1 Å². The molecule has 6 rings (SSSR count). The molecule has 5 N–H and O–H groups in total. The standard InChI is InChI=1S/C26H24F3N5O4S/c1-11-5-18(26(27,28)29)33-25-19(11)16(10-39-25)32-24(37)15-9-31-34-20(15)12-3-2-4-14(6-12)30-8-13-7-17-21(35)22(36)23(13)38-17/h2-6,9-10,13,17,21-23,30,35-36H,7-8H2,1H3,(H,31,34)(H,32,37)/t13-,17+,21+,22+,23-/m1/s1. The molecular weight excluding hydrogens is 535 g/mol. The van der Waals surface area contributed by atoms with Crippen molar-refractivity contribution in [2.24, 2.45) is 5.92 Å². The molecule has 39 heavy (non-hydrogen) atoms. The average Bonchev–Trinajstić information content (AvgIpc) is 3.68. The number of aryl methyl sites for hydroxylation is 1. The minimum Gasteiger partial charge on any atom is -0.388 e. The minimum atomic E-state index is -4.56. The summed E-state index contributed by atoms with van der Waals surface area (Å²) in [4.78, 5) is 17.1. The lowest BCUT2D eigenvalue weighted by molar-refractivity contribution is -0.141. The van der Waals surface area contributed by atoms with E-state index in [4.69, 9.17) is 4.74 Å². The second kappa shape index (κ2) is 9.59. The monoisotopic (exact) mass is 559 g/mol. The summed E-state index contributed by atoms with van der Waals surface area (Å²) in [5.74, 6) is -0.419. The number of fused-ring (bicyclic) bond motifs is 3. The fourth-order valence-corrected chi connectivity index (χ4v) is 6.31. The van der Waals surface area contributed by atoms with E-state index in [1.807, 2.05) is 24.3 Å². The third-order valence-electron chi connectivity index (χ3n) is 7.27. The number of carbonyl (C=O) groups is 1. The summed E-state index contributed by atoms with van der Waals surface area (Å²) in [7, 11) is 0. The second-order valence-corrected chi connectivity index (χ2v) is 10.7. The first-order valence-corrected chi connectivity index (χ1v) is 13.1. The van der Waals surface area contributed by atoms with Crippen molar-refractivity contribution in [1.82, 2.24) is 15.2 Å². The lowest BCUT2D eigenvalue weighted by Crippen LogP contribution is -2.43. The molecule has 2 saturated heterocycles. The van der Waals surface area contributed by atoms with Gasteiger partial charge in [0.1, 0.15) is 28.4 Å². The molecule has 2 fully saturated rings. The summed E-state index contributed by atoms with van der Waals surface area (Å²) in [5.41, 5.74) is 1.90. The van der Waals surface area contributed by atoms with Gasteiger partial charge in [-0.3, -0.25) is 9.89 Å². The van der Waals surface area contributed by atoms with Crippen LogP contribution in [-0.4, -0.2) is 62.3 Å². The van der Waals surface area contributed by atoms with Crippen LogP contribution in [0.4, 0.5) is 24.5 Å². The van der Waals surface area contributed by atoms with Crippen LogP contribution in [0, 0.1) is 12.8 Å². The van der Waals surface area contributed by atoms with E-state index in [9.17, 15) is 28.2 Å². The first-order chi connectivity index (χ1) is 18.6. The van der Waals surface area contributed by atoms with Gasteiger partial charge in [0.15, 0.2) is 0 Å². The molecule has 5 heterocycles. The number of hydrogen-bond donors (Lipinski definition) is 5. The summed E-state index contributed by atoms with van der Waals surface area (Å²) in [6.07, 6.45) is -4.93. The molecule has 5 atom stereocenters. The third kappa shape index (κ3) is 4.65. The summed E-state index contributed by atoms with van der Waals surface area (Å²) < 4.78 is 45.1. The maximum Gasteiger partial charge on any atom is 0.433 e. The Morgan fingerprint density at radius 1 is 1.26 bits per heavy atom. The number of amides is 1. The summed E-state index contributed by atoms with van der Waals surface area (Å²) >= 11 is 1.02. The Bertz CT molecular complexity index is 1550. The van der Waals surface area contributed by atoms with Crippen molar-refractivity contribution in [2.45, 2.75) is 43.9 Å². The zero-order valence-corrected chi connectivity index (χ0v) is 21.3. The van der Waals surface area contributed by atoms with Crippen molar-refractivity contribution in [1.29, 1.82) is 0 Å². The number of H-pyrrole nitrogens is 1. The summed E-state index contributed by atoms with van der Waals surface area (Å²) in [5, 5.41) is 35.2. The van der Waals surface area contributed by atoms with E-state index in [0.29, 0.717) is 40.9 Å². The van der Waals surface area contributed by atoms with Gasteiger partial charge < -0.3 is 25.6 Å². The summed E-state index contributed by atoms with van der Waals surface area (Å²) in [6.45, 7) is 2.09. The number of ether oxygens (including phenoxy) is 1. The number of pyridine rings is 1. The molecule has 0 unspecified atom stereocenters. The number of benzene rings is 1. The van der Waals surface area contributed by atoms with Gasteiger partial charge in [0.25, 0.3) is 5.91 Å². The molecule has 13 heteroatoms. The Hall–Kier alpha value is -3.52. The number of aromatic nitrogens is 3. The van der Waals surface area contributed by atoms with E-state index >= 15 is 0 Å². The van der Waals surface area contributed by atoms with Gasteiger partial charge in [0.2, 0.25) is 0 Å².